The predicted molar refractivity (Wildman–Crippen MR) is 92.8 cm³/mol. The van der Waals surface area contributed by atoms with Crippen molar-refractivity contribution in [3.05, 3.63) is 54.4 Å². The molecular formula is C17H16F3N5O. The lowest BCUT2D eigenvalue weighted by atomic mass is 10.3. The fourth-order valence-corrected chi connectivity index (χ4v) is 2.45. The molecule has 0 fully saturated rings. The van der Waals surface area contributed by atoms with Gasteiger partial charge < -0.3 is 20.4 Å². The molecule has 1 heterocycles. The summed E-state index contributed by atoms with van der Waals surface area (Å²) < 4.78 is 43.2. The van der Waals surface area contributed by atoms with Crippen molar-refractivity contribution in [3.8, 4) is 5.75 Å². The minimum absolute atomic E-state index is 0.0460. The van der Waals surface area contributed by atoms with Crippen molar-refractivity contribution >= 4 is 22.7 Å². The number of para-hydroxylation sites is 4. The van der Waals surface area contributed by atoms with Gasteiger partial charge in [-0.1, -0.05) is 24.3 Å². The van der Waals surface area contributed by atoms with E-state index in [0.717, 1.165) is 11.0 Å². The number of fused-ring (bicyclic) bond motifs is 1. The third-order valence-electron chi connectivity index (χ3n) is 3.65. The number of alkyl halides is 3. The Balaban J connectivity index is 1.76. The molecule has 2 aromatic carbocycles. The minimum Gasteiger partial charge on any atom is -0.404 e. The van der Waals surface area contributed by atoms with Gasteiger partial charge in [0.05, 0.1) is 16.7 Å². The van der Waals surface area contributed by atoms with E-state index in [4.69, 9.17) is 5.73 Å². The van der Waals surface area contributed by atoms with Gasteiger partial charge in [0, 0.05) is 7.05 Å². The van der Waals surface area contributed by atoms with Gasteiger partial charge in [-0.25, -0.2) is 9.98 Å². The average molecular weight is 363 g/mol. The summed E-state index contributed by atoms with van der Waals surface area (Å²) >= 11 is 0. The van der Waals surface area contributed by atoms with Gasteiger partial charge in [0.1, 0.15) is 12.4 Å². The highest BCUT2D eigenvalue weighted by Gasteiger charge is 2.32. The lowest BCUT2D eigenvalue weighted by Crippen LogP contribution is -2.24. The van der Waals surface area contributed by atoms with Crippen LogP contribution in [0.3, 0.4) is 0 Å². The summed E-state index contributed by atoms with van der Waals surface area (Å²) in [6.45, 7) is 0.173. The van der Waals surface area contributed by atoms with Gasteiger partial charge in [-0.05, 0) is 24.3 Å². The molecule has 6 nitrogen and oxygen atoms in total. The van der Waals surface area contributed by atoms with Crippen molar-refractivity contribution in [3.63, 3.8) is 0 Å². The van der Waals surface area contributed by atoms with E-state index in [2.05, 4.69) is 20.0 Å². The van der Waals surface area contributed by atoms with Gasteiger partial charge in [-0.15, -0.1) is 13.2 Å². The maximum absolute atomic E-state index is 12.5. The number of halogens is 3. The topological polar surface area (TPSA) is 77.5 Å². The zero-order valence-electron chi connectivity index (χ0n) is 13.8. The second-order valence-corrected chi connectivity index (χ2v) is 5.45. The van der Waals surface area contributed by atoms with Crippen LogP contribution in [0.15, 0.2) is 53.5 Å². The van der Waals surface area contributed by atoms with Crippen molar-refractivity contribution in [2.45, 2.75) is 12.9 Å². The van der Waals surface area contributed by atoms with Crippen LogP contribution in [0.25, 0.3) is 11.0 Å². The van der Waals surface area contributed by atoms with Gasteiger partial charge in [0.2, 0.25) is 0 Å². The number of aromatic nitrogens is 2. The van der Waals surface area contributed by atoms with Crippen LogP contribution < -0.4 is 15.8 Å². The molecule has 26 heavy (non-hydrogen) atoms. The first kappa shape index (κ1) is 17.6. The summed E-state index contributed by atoms with van der Waals surface area (Å²) in [5.41, 5.74) is 7.64. The van der Waals surface area contributed by atoms with Gasteiger partial charge in [0.15, 0.2) is 11.7 Å². The fraction of sp³-hybridized carbons (Fsp3) is 0.176. The Kier molecular flexibility index (Phi) is 4.70. The van der Waals surface area contributed by atoms with Crippen LogP contribution in [0.5, 0.6) is 5.75 Å². The molecule has 1 aromatic heterocycles. The number of anilines is 1. The molecule has 0 bridgehead atoms. The quantitative estimate of drug-likeness (QED) is 0.550. The van der Waals surface area contributed by atoms with E-state index < -0.39 is 6.36 Å². The molecule has 0 aliphatic rings. The van der Waals surface area contributed by atoms with Gasteiger partial charge >= 0.3 is 6.36 Å². The van der Waals surface area contributed by atoms with Crippen molar-refractivity contribution in [1.82, 2.24) is 9.55 Å². The summed E-state index contributed by atoms with van der Waals surface area (Å²) in [6.07, 6.45) is -4.79. The van der Waals surface area contributed by atoms with Crippen LogP contribution in [-0.4, -0.2) is 21.9 Å². The van der Waals surface area contributed by atoms with Crippen molar-refractivity contribution in [2.24, 2.45) is 17.8 Å². The van der Waals surface area contributed by atoms with Crippen LogP contribution in [-0.2, 0) is 13.6 Å². The Labute approximate surface area is 147 Å². The van der Waals surface area contributed by atoms with Gasteiger partial charge in [0.25, 0.3) is 0 Å². The second-order valence-electron chi connectivity index (χ2n) is 5.45. The third kappa shape index (κ3) is 4.05. The minimum atomic E-state index is -4.79. The molecule has 0 saturated carbocycles. The molecule has 0 aliphatic heterocycles. The molecule has 0 aliphatic carbocycles. The molecule has 3 aromatic rings. The molecule has 3 rings (SSSR count). The highest BCUT2D eigenvalue weighted by molar-refractivity contribution is 5.93. The summed E-state index contributed by atoms with van der Waals surface area (Å²) in [7, 11) is 1.86. The summed E-state index contributed by atoms with van der Waals surface area (Å²) in [5, 5.41) is 2.62. The first-order chi connectivity index (χ1) is 12.3. The number of aliphatic imine (C=N–C) groups is 1. The number of aryl methyl sites for hydroxylation is 1. The second kappa shape index (κ2) is 6.95. The molecular weight excluding hydrogens is 347 g/mol. The Bertz CT molecular complexity index is 949. The normalized spacial score (nSPS) is 12.4. The first-order valence-electron chi connectivity index (χ1n) is 7.65. The van der Waals surface area contributed by atoms with E-state index in [0.29, 0.717) is 5.82 Å². The van der Waals surface area contributed by atoms with Gasteiger partial charge in [-0.2, -0.15) is 0 Å². The number of guanidine groups is 1. The smallest absolute Gasteiger partial charge is 0.404 e. The standard InChI is InChI=1S/C17H16F3N5O/c1-25-13-8-4-2-6-11(13)23-15(25)10-22-16(21)24-12-7-3-5-9-14(12)26-17(18,19)20/h2-9H,10H2,1H3,(H3,21,22,24). The Morgan fingerprint density at radius 2 is 1.88 bits per heavy atom. The van der Waals surface area contributed by atoms with Crippen molar-refractivity contribution in [1.29, 1.82) is 0 Å². The molecule has 0 saturated heterocycles. The van der Waals surface area contributed by atoms with Crippen LogP contribution >= 0.6 is 0 Å². The monoisotopic (exact) mass is 363 g/mol. The number of imidazole rings is 1. The van der Waals surface area contributed by atoms with E-state index in [1.807, 2.05) is 35.9 Å². The van der Waals surface area contributed by atoms with Crippen LogP contribution in [0.4, 0.5) is 18.9 Å². The number of benzene rings is 2. The van der Waals surface area contributed by atoms with Crippen LogP contribution in [0.1, 0.15) is 5.82 Å². The molecule has 9 heteroatoms. The molecule has 0 amide bonds. The van der Waals surface area contributed by atoms with E-state index in [1.54, 1.807) is 6.07 Å². The van der Waals surface area contributed by atoms with E-state index >= 15 is 0 Å². The Hall–Kier alpha value is -3.23. The summed E-state index contributed by atoms with van der Waals surface area (Å²) in [5.74, 6) is 0.243. The number of rotatable bonds is 4. The maximum Gasteiger partial charge on any atom is 0.573 e. The largest absolute Gasteiger partial charge is 0.573 e. The molecule has 136 valence electrons. The van der Waals surface area contributed by atoms with E-state index in [-0.39, 0.29) is 23.9 Å². The molecule has 3 N–H and O–H groups in total. The van der Waals surface area contributed by atoms with E-state index in [9.17, 15) is 13.2 Å². The Morgan fingerprint density at radius 1 is 1.19 bits per heavy atom. The van der Waals surface area contributed by atoms with Gasteiger partial charge in [-0.3, -0.25) is 0 Å². The number of hydrogen-bond acceptors (Lipinski definition) is 3. The zero-order valence-corrected chi connectivity index (χ0v) is 13.8. The highest BCUT2D eigenvalue weighted by atomic mass is 19.4. The molecule has 0 atom stereocenters. The summed E-state index contributed by atoms with van der Waals surface area (Å²) in [4.78, 5) is 8.60. The van der Waals surface area contributed by atoms with Crippen LogP contribution in [0.2, 0.25) is 0 Å². The lowest BCUT2D eigenvalue weighted by molar-refractivity contribution is -0.274. The predicted octanol–water partition coefficient (Wildman–Crippen LogP) is 3.40. The molecule has 0 spiro atoms. The first-order valence-corrected chi connectivity index (χ1v) is 7.65. The highest BCUT2D eigenvalue weighted by Crippen LogP contribution is 2.29. The maximum atomic E-state index is 12.5. The number of ether oxygens (including phenoxy) is 1. The SMILES string of the molecule is Cn1c(CN=C(N)Nc2ccccc2OC(F)(F)F)nc2ccccc21. The lowest BCUT2D eigenvalue weighted by Gasteiger charge is -2.14. The van der Waals surface area contributed by atoms with Crippen molar-refractivity contribution in [2.75, 3.05) is 5.32 Å². The van der Waals surface area contributed by atoms with Crippen molar-refractivity contribution < 1.29 is 17.9 Å². The fourth-order valence-electron chi connectivity index (χ4n) is 2.45. The number of hydrogen-bond donors (Lipinski definition) is 2. The Morgan fingerprint density at radius 3 is 2.62 bits per heavy atom. The third-order valence-corrected chi connectivity index (χ3v) is 3.65. The number of nitrogens with one attached hydrogen (secondary N) is 1. The molecule has 0 radical (unpaired) electrons. The molecule has 0 unspecified atom stereocenters. The number of nitrogens with two attached hydrogens (primary N) is 1. The summed E-state index contributed by atoms with van der Waals surface area (Å²) in [6, 6.07) is 13.2. The average Bonchev–Trinajstić information content (AvgIpc) is 2.90. The van der Waals surface area contributed by atoms with E-state index in [1.165, 1.54) is 18.2 Å². The number of nitrogens with zero attached hydrogens (tertiary/aromatic N) is 3. The zero-order chi connectivity index (χ0) is 18.7. The van der Waals surface area contributed by atoms with Crippen LogP contribution in [0, 0.1) is 0 Å².